The van der Waals surface area contributed by atoms with Crippen LogP contribution in [0.4, 0.5) is 5.69 Å². The lowest BCUT2D eigenvalue weighted by atomic mass is 10.1. The van der Waals surface area contributed by atoms with Gasteiger partial charge in [0.2, 0.25) is 5.91 Å². The summed E-state index contributed by atoms with van der Waals surface area (Å²) in [5.74, 6) is -0.300. The van der Waals surface area contributed by atoms with Gasteiger partial charge in [0.05, 0.1) is 9.71 Å². The summed E-state index contributed by atoms with van der Waals surface area (Å²) in [5, 5.41) is 8.30. The van der Waals surface area contributed by atoms with Crippen molar-refractivity contribution in [1.29, 1.82) is 0 Å². The maximum Gasteiger partial charge on any atom is 0.294 e. The Morgan fingerprint density at radius 3 is 2.29 bits per heavy atom. The number of amides is 1. The number of anilines is 1. The number of carbonyl (C=O) groups is 1. The summed E-state index contributed by atoms with van der Waals surface area (Å²) in [5.41, 5.74) is 6.55. The predicted octanol–water partition coefficient (Wildman–Crippen LogP) is 4.70. The number of nitrogens with one attached hydrogen (secondary N) is 1. The number of hydrogen-bond acceptors (Lipinski definition) is 5. The molecule has 0 fully saturated rings. The number of hydrogen-bond donors (Lipinski definition) is 1. The molecule has 31 heavy (non-hydrogen) atoms. The Morgan fingerprint density at radius 2 is 1.65 bits per heavy atom. The molecule has 1 N–H and O–H groups in total. The first-order chi connectivity index (χ1) is 14.7. The van der Waals surface area contributed by atoms with Crippen molar-refractivity contribution in [3.63, 3.8) is 0 Å². The molecule has 4 aromatic rings. The molecule has 0 radical (unpaired) electrons. The molecule has 0 atom stereocenters. The van der Waals surface area contributed by atoms with Crippen molar-refractivity contribution < 1.29 is 4.79 Å². The molecule has 0 aliphatic heterocycles. The lowest BCUT2D eigenvalue weighted by molar-refractivity contribution is -0.117. The number of carbonyl (C=O) groups excluding carboxylic acids is 1. The number of benzene rings is 2. The van der Waals surface area contributed by atoms with Gasteiger partial charge in [0.15, 0.2) is 5.52 Å². The van der Waals surface area contributed by atoms with Gasteiger partial charge >= 0.3 is 0 Å². The third kappa shape index (κ3) is 4.14. The molecule has 0 aliphatic rings. The van der Waals surface area contributed by atoms with Gasteiger partial charge in [-0.1, -0.05) is 47.5 Å². The van der Waals surface area contributed by atoms with Crippen LogP contribution in [0.1, 0.15) is 27.3 Å². The molecule has 2 aromatic carbocycles. The molecule has 0 saturated carbocycles. The molecule has 7 heteroatoms. The Balaban J connectivity index is 1.74. The Bertz CT molecular complexity index is 1340. The van der Waals surface area contributed by atoms with Gasteiger partial charge in [-0.2, -0.15) is 5.10 Å². The van der Waals surface area contributed by atoms with Crippen molar-refractivity contribution in [2.75, 3.05) is 5.32 Å². The average Bonchev–Trinajstić information content (AvgIpc) is 3.09. The molecule has 2 heterocycles. The largest absolute Gasteiger partial charge is 0.324 e. The maximum atomic E-state index is 13.0. The quantitative estimate of drug-likeness (QED) is 0.507. The van der Waals surface area contributed by atoms with E-state index in [1.807, 2.05) is 71.0 Å². The van der Waals surface area contributed by atoms with Gasteiger partial charge in [-0.15, -0.1) is 11.3 Å². The normalized spacial score (nSPS) is 11.1. The van der Waals surface area contributed by atoms with Crippen molar-refractivity contribution in [2.45, 2.75) is 41.2 Å². The van der Waals surface area contributed by atoms with E-state index in [1.165, 1.54) is 16.0 Å². The van der Waals surface area contributed by atoms with E-state index >= 15 is 0 Å². The highest BCUT2D eigenvalue weighted by molar-refractivity contribution is 7.19. The maximum absolute atomic E-state index is 13.0. The zero-order valence-corrected chi connectivity index (χ0v) is 19.1. The molecular formula is C24H24N4O2S. The van der Waals surface area contributed by atoms with E-state index in [1.54, 1.807) is 0 Å². The fraction of sp³-hybridized carbons (Fsp3) is 0.250. The topological polar surface area (TPSA) is 76.9 Å². The third-order valence-corrected chi connectivity index (χ3v) is 6.14. The monoisotopic (exact) mass is 432 g/mol. The van der Waals surface area contributed by atoms with Crippen LogP contribution >= 0.6 is 11.3 Å². The van der Waals surface area contributed by atoms with E-state index < -0.39 is 0 Å². The third-order valence-electron chi connectivity index (χ3n) is 5.17. The molecule has 0 bridgehead atoms. The highest BCUT2D eigenvalue weighted by Gasteiger charge is 2.18. The van der Waals surface area contributed by atoms with Crippen LogP contribution in [-0.2, 0) is 11.3 Å². The minimum absolute atomic E-state index is 0.184. The van der Waals surface area contributed by atoms with E-state index in [4.69, 9.17) is 0 Å². The first-order valence-electron chi connectivity index (χ1n) is 10.1. The summed E-state index contributed by atoms with van der Waals surface area (Å²) < 4.78 is 1.96. The van der Waals surface area contributed by atoms with Crippen LogP contribution in [0.3, 0.4) is 0 Å². The van der Waals surface area contributed by atoms with Gasteiger partial charge in [-0.25, -0.2) is 9.67 Å². The van der Waals surface area contributed by atoms with Crippen LogP contribution in [0.15, 0.2) is 41.2 Å². The number of nitrogens with zero attached hydrogens (tertiary/aromatic N) is 3. The summed E-state index contributed by atoms with van der Waals surface area (Å²) in [6.45, 7) is 9.63. The molecule has 1 amide bonds. The Morgan fingerprint density at radius 1 is 1.00 bits per heavy atom. The zero-order valence-electron chi connectivity index (χ0n) is 18.2. The number of aromatic nitrogens is 3. The molecule has 0 spiro atoms. The van der Waals surface area contributed by atoms with Gasteiger partial charge in [0, 0.05) is 11.3 Å². The molecule has 0 unspecified atom stereocenters. The van der Waals surface area contributed by atoms with Crippen LogP contribution in [0, 0.1) is 34.6 Å². The van der Waals surface area contributed by atoms with Crippen molar-refractivity contribution in [3.8, 4) is 11.3 Å². The second-order valence-electron chi connectivity index (χ2n) is 7.91. The summed E-state index contributed by atoms with van der Waals surface area (Å²) in [7, 11) is 0. The van der Waals surface area contributed by atoms with Crippen molar-refractivity contribution >= 4 is 33.1 Å². The Labute approximate surface area is 184 Å². The second-order valence-corrected chi connectivity index (χ2v) is 9.11. The molecule has 2 aromatic heterocycles. The lowest BCUT2D eigenvalue weighted by Gasteiger charge is -2.14. The molecule has 6 nitrogen and oxygen atoms in total. The van der Waals surface area contributed by atoms with Gasteiger partial charge in [0.1, 0.15) is 12.2 Å². The SMILES string of the molecule is Cc1ccc(-c2nn(CC(=O)Nc3c(C)cc(C)cc3C)c(=O)c3nc(C)sc23)cc1. The summed E-state index contributed by atoms with van der Waals surface area (Å²) in [6, 6.07) is 12.0. The minimum atomic E-state index is -0.359. The Hall–Kier alpha value is -3.32. The molecule has 0 aliphatic carbocycles. The average molecular weight is 433 g/mol. The number of fused-ring (bicyclic) bond motifs is 1. The van der Waals surface area contributed by atoms with E-state index in [9.17, 15) is 9.59 Å². The molecule has 158 valence electrons. The highest BCUT2D eigenvalue weighted by atomic mass is 32.1. The van der Waals surface area contributed by atoms with Crippen LogP contribution in [-0.4, -0.2) is 20.7 Å². The highest BCUT2D eigenvalue weighted by Crippen LogP contribution is 2.29. The van der Waals surface area contributed by atoms with Crippen molar-refractivity contribution in [2.24, 2.45) is 0 Å². The van der Waals surface area contributed by atoms with Gasteiger partial charge in [-0.05, 0) is 45.7 Å². The summed E-state index contributed by atoms with van der Waals surface area (Å²) >= 11 is 1.44. The molecular weight excluding hydrogens is 408 g/mol. The van der Waals surface area contributed by atoms with Gasteiger partial charge in [0.25, 0.3) is 5.56 Å². The second kappa shape index (κ2) is 8.07. The summed E-state index contributed by atoms with van der Waals surface area (Å²) in [6.07, 6.45) is 0. The number of rotatable bonds is 4. The van der Waals surface area contributed by atoms with Crippen LogP contribution in [0.25, 0.3) is 21.5 Å². The number of aryl methyl sites for hydroxylation is 5. The van der Waals surface area contributed by atoms with Crippen LogP contribution in [0.2, 0.25) is 0 Å². The van der Waals surface area contributed by atoms with Crippen LogP contribution < -0.4 is 10.9 Å². The summed E-state index contributed by atoms with van der Waals surface area (Å²) in [4.78, 5) is 30.3. The standard InChI is InChI=1S/C24H24N4O2S/c1-13-6-8-18(9-7-13)21-23-22(25-17(5)31-23)24(30)28(27-21)12-19(29)26-20-15(3)10-14(2)11-16(20)4/h6-11H,12H2,1-5H3,(H,26,29). The van der Waals surface area contributed by atoms with E-state index in [2.05, 4.69) is 15.4 Å². The fourth-order valence-electron chi connectivity index (χ4n) is 3.77. The first-order valence-corrected chi connectivity index (χ1v) is 10.9. The smallest absolute Gasteiger partial charge is 0.294 e. The van der Waals surface area contributed by atoms with Gasteiger partial charge < -0.3 is 5.32 Å². The fourth-order valence-corrected chi connectivity index (χ4v) is 4.68. The van der Waals surface area contributed by atoms with E-state index in [0.29, 0.717) is 11.2 Å². The predicted molar refractivity (Wildman–Crippen MR) is 126 cm³/mol. The van der Waals surface area contributed by atoms with E-state index in [-0.39, 0.29) is 18.0 Å². The zero-order chi connectivity index (χ0) is 22.3. The van der Waals surface area contributed by atoms with E-state index in [0.717, 1.165) is 43.2 Å². The first kappa shape index (κ1) is 20.9. The number of thiazole rings is 1. The van der Waals surface area contributed by atoms with Crippen molar-refractivity contribution in [1.82, 2.24) is 14.8 Å². The van der Waals surface area contributed by atoms with Crippen LogP contribution in [0.5, 0.6) is 0 Å². The Kier molecular flexibility index (Phi) is 5.45. The molecule has 4 rings (SSSR count). The van der Waals surface area contributed by atoms with Crippen molar-refractivity contribution in [3.05, 3.63) is 74.0 Å². The lowest BCUT2D eigenvalue weighted by Crippen LogP contribution is -2.30. The van der Waals surface area contributed by atoms with Gasteiger partial charge in [-0.3, -0.25) is 9.59 Å². The minimum Gasteiger partial charge on any atom is -0.324 e. The molecule has 0 saturated heterocycles.